The predicted octanol–water partition coefficient (Wildman–Crippen LogP) is 4.75. The molecule has 0 aliphatic heterocycles. The lowest BCUT2D eigenvalue weighted by molar-refractivity contribution is -0.123. The van der Waals surface area contributed by atoms with Crippen LogP contribution >= 0.6 is 0 Å². The van der Waals surface area contributed by atoms with Crippen LogP contribution in [0.25, 0.3) is 0 Å². The maximum absolute atomic E-state index is 12.4. The van der Waals surface area contributed by atoms with Crippen molar-refractivity contribution in [2.75, 3.05) is 6.61 Å². The minimum atomic E-state index is -0.457. The lowest BCUT2D eigenvalue weighted by Gasteiger charge is -2.15. The second-order valence-electron chi connectivity index (χ2n) is 7.43. The molecule has 160 valence electrons. The van der Waals surface area contributed by atoms with E-state index >= 15 is 0 Å². The van der Waals surface area contributed by atoms with Gasteiger partial charge in [-0.15, -0.1) is 0 Å². The van der Waals surface area contributed by atoms with E-state index in [0.29, 0.717) is 22.8 Å². The Hall–Kier alpha value is -3.80. The third kappa shape index (κ3) is 6.34. The maximum Gasteiger partial charge on any atom is 0.276 e. The minimum Gasteiger partial charge on any atom is -0.483 e. The molecule has 0 fully saturated rings. The van der Waals surface area contributed by atoms with Crippen molar-refractivity contribution in [1.82, 2.24) is 10.9 Å². The molecule has 0 heterocycles. The Morgan fingerprint density at radius 2 is 1.61 bits per heavy atom. The zero-order valence-corrected chi connectivity index (χ0v) is 17.8. The van der Waals surface area contributed by atoms with Crippen molar-refractivity contribution in [3.8, 4) is 17.2 Å². The summed E-state index contributed by atoms with van der Waals surface area (Å²) in [5, 5.41) is 0. The standard InChI is InChI=1S/C25H26N2O4/c1-17(2)22-13-12-18(3)14-23(22)30-16-24(28)26-27-25(29)19-8-7-11-21(15-19)31-20-9-5-4-6-10-20/h4-15,17H,16H2,1-3H3,(H,26,28)(H,27,29). The number of ether oxygens (including phenoxy) is 2. The number of aryl methyl sites for hydroxylation is 1. The lowest BCUT2D eigenvalue weighted by Crippen LogP contribution is -2.43. The summed E-state index contributed by atoms with van der Waals surface area (Å²) in [5.41, 5.74) is 7.21. The molecule has 31 heavy (non-hydrogen) atoms. The van der Waals surface area contributed by atoms with E-state index in [1.165, 1.54) is 0 Å². The first kappa shape index (κ1) is 21.9. The van der Waals surface area contributed by atoms with E-state index in [2.05, 4.69) is 24.7 Å². The molecule has 0 atom stereocenters. The third-order valence-corrected chi connectivity index (χ3v) is 4.54. The third-order valence-electron chi connectivity index (χ3n) is 4.54. The molecule has 3 aromatic carbocycles. The molecule has 0 saturated carbocycles. The molecule has 0 bridgehead atoms. The number of para-hydroxylation sites is 1. The normalized spacial score (nSPS) is 10.5. The molecular formula is C25H26N2O4. The molecule has 2 amide bonds. The molecule has 6 heteroatoms. The van der Waals surface area contributed by atoms with Gasteiger partial charge in [0, 0.05) is 5.56 Å². The summed E-state index contributed by atoms with van der Waals surface area (Å²) in [5.74, 6) is 1.22. The number of benzene rings is 3. The van der Waals surface area contributed by atoms with Gasteiger partial charge in [0.05, 0.1) is 0 Å². The highest BCUT2D eigenvalue weighted by Crippen LogP contribution is 2.27. The van der Waals surface area contributed by atoms with Gasteiger partial charge in [0.25, 0.3) is 11.8 Å². The van der Waals surface area contributed by atoms with Gasteiger partial charge in [0.15, 0.2) is 6.61 Å². The highest BCUT2D eigenvalue weighted by Gasteiger charge is 2.12. The molecule has 2 N–H and O–H groups in total. The fourth-order valence-electron chi connectivity index (χ4n) is 2.95. The quantitative estimate of drug-likeness (QED) is 0.543. The van der Waals surface area contributed by atoms with E-state index in [1.807, 2.05) is 55.5 Å². The fourth-order valence-corrected chi connectivity index (χ4v) is 2.95. The summed E-state index contributed by atoms with van der Waals surface area (Å²) in [6.07, 6.45) is 0. The summed E-state index contributed by atoms with van der Waals surface area (Å²) in [6.45, 7) is 5.88. The first-order chi connectivity index (χ1) is 14.9. The minimum absolute atomic E-state index is 0.208. The SMILES string of the molecule is Cc1ccc(C(C)C)c(OCC(=O)NNC(=O)c2cccc(Oc3ccccc3)c2)c1. The fraction of sp³-hybridized carbons (Fsp3) is 0.200. The Bertz CT molecular complexity index is 1050. The van der Waals surface area contributed by atoms with Crippen LogP contribution < -0.4 is 20.3 Å². The monoisotopic (exact) mass is 418 g/mol. The summed E-state index contributed by atoms with van der Waals surface area (Å²) in [4.78, 5) is 24.5. The summed E-state index contributed by atoms with van der Waals surface area (Å²) in [6, 6.07) is 21.9. The number of carbonyl (C=O) groups excluding carboxylic acids is 2. The number of rotatable bonds is 7. The van der Waals surface area contributed by atoms with Crippen LogP contribution in [0.15, 0.2) is 72.8 Å². The highest BCUT2D eigenvalue weighted by atomic mass is 16.5. The molecule has 3 rings (SSSR count). The van der Waals surface area contributed by atoms with Crippen LogP contribution in [-0.4, -0.2) is 18.4 Å². The average Bonchev–Trinajstić information content (AvgIpc) is 2.76. The van der Waals surface area contributed by atoms with Crippen molar-refractivity contribution in [3.05, 3.63) is 89.5 Å². The van der Waals surface area contributed by atoms with Crippen LogP contribution in [0.3, 0.4) is 0 Å². The Balaban J connectivity index is 1.53. The van der Waals surface area contributed by atoms with E-state index in [-0.39, 0.29) is 12.5 Å². The van der Waals surface area contributed by atoms with Gasteiger partial charge in [-0.05, 0) is 60.4 Å². The summed E-state index contributed by atoms with van der Waals surface area (Å²) >= 11 is 0. The number of hydrogen-bond acceptors (Lipinski definition) is 4. The van der Waals surface area contributed by atoms with Crippen LogP contribution in [0.2, 0.25) is 0 Å². The number of hydrogen-bond donors (Lipinski definition) is 2. The van der Waals surface area contributed by atoms with Crippen LogP contribution in [0.5, 0.6) is 17.2 Å². The Kier molecular flexibility index (Phi) is 7.27. The van der Waals surface area contributed by atoms with Crippen LogP contribution in [-0.2, 0) is 4.79 Å². The molecule has 6 nitrogen and oxygen atoms in total. The lowest BCUT2D eigenvalue weighted by atomic mass is 10.0. The van der Waals surface area contributed by atoms with Crippen molar-refractivity contribution >= 4 is 11.8 Å². The second kappa shape index (κ2) is 10.3. The average molecular weight is 418 g/mol. The molecule has 0 spiro atoms. The molecule has 0 aliphatic rings. The first-order valence-electron chi connectivity index (χ1n) is 10.1. The van der Waals surface area contributed by atoms with Crippen LogP contribution in [0, 0.1) is 6.92 Å². The van der Waals surface area contributed by atoms with Crippen molar-refractivity contribution < 1.29 is 19.1 Å². The molecule has 0 aromatic heterocycles. The predicted molar refractivity (Wildman–Crippen MR) is 119 cm³/mol. The second-order valence-corrected chi connectivity index (χ2v) is 7.43. The van der Waals surface area contributed by atoms with Gasteiger partial charge < -0.3 is 9.47 Å². The topological polar surface area (TPSA) is 76.7 Å². The Labute approximate surface area is 182 Å². The number of nitrogens with one attached hydrogen (secondary N) is 2. The van der Waals surface area contributed by atoms with Crippen LogP contribution in [0.4, 0.5) is 0 Å². The smallest absolute Gasteiger partial charge is 0.276 e. The van der Waals surface area contributed by atoms with Crippen molar-refractivity contribution in [3.63, 3.8) is 0 Å². The van der Waals surface area contributed by atoms with Gasteiger partial charge >= 0.3 is 0 Å². The van der Waals surface area contributed by atoms with Crippen molar-refractivity contribution in [2.45, 2.75) is 26.7 Å². The van der Waals surface area contributed by atoms with Gasteiger partial charge in [-0.2, -0.15) is 0 Å². The molecule has 3 aromatic rings. The van der Waals surface area contributed by atoms with E-state index < -0.39 is 11.8 Å². The van der Waals surface area contributed by atoms with E-state index in [1.54, 1.807) is 24.3 Å². The number of hydrazine groups is 1. The molecule has 0 unspecified atom stereocenters. The van der Waals surface area contributed by atoms with Gasteiger partial charge in [0.2, 0.25) is 0 Å². The molecular weight excluding hydrogens is 392 g/mol. The molecule has 0 aliphatic carbocycles. The van der Waals surface area contributed by atoms with Gasteiger partial charge in [0.1, 0.15) is 17.2 Å². The Morgan fingerprint density at radius 3 is 2.35 bits per heavy atom. The van der Waals surface area contributed by atoms with E-state index in [4.69, 9.17) is 9.47 Å². The number of carbonyl (C=O) groups is 2. The zero-order valence-electron chi connectivity index (χ0n) is 17.8. The van der Waals surface area contributed by atoms with E-state index in [9.17, 15) is 9.59 Å². The molecule has 0 saturated heterocycles. The van der Waals surface area contributed by atoms with Crippen molar-refractivity contribution in [2.24, 2.45) is 0 Å². The maximum atomic E-state index is 12.4. The highest BCUT2D eigenvalue weighted by molar-refractivity contribution is 5.95. The van der Waals surface area contributed by atoms with Gasteiger partial charge in [-0.1, -0.05) is 50.2 Å². The molecule has 0 radical (unpaired) electrons. The van der Waals surface area contributed by atoms with E-state index in [0.717, 1.165) is 11.1 Å². The zero-order chi connectivity index (χ0) is 22.2. The summed E-state index contributed by atoms with van der Waals surface area (Å²) < 4.78 is 11.4. The largest absolute Gasteiger partial charge is 0.483 e. The first-order valence-corrected chi connectivity index (χ1v) is 10.1. The summed E-state index contributed by atoms with van der Waals surface area (Å²) in [7, 11) is 0. The van der Waals surface area contributed by atoms with Crippen LogP contribution in [0.1, 0.15) is 41.3 Å². The van der Waals surface area contributed by atoms with Crippen molar-refractivity contribution in [1.29, 1.82) is 0 Å². The number of amides is 2. The Morgan fingerprint density at radius 1 is 0.871 bits per heavy atom. The van der Waals surface area contributed by atoms with Gasteiger partial charge in [-0.25, -0.2) is 0 Å². The van der Waals surface area contributed by atoms with Gasteiger partial charge in [-0.3, -0.25) is 20.4 Å².